The van der Waals surface area contributed by atoms with Crippen molar-refractivity contribution < 1.29 is 27.5 Å². The van der Waals surface area contributed by atoms with E-state index in [0.717, 1.165) is 24.3 Å². The van der Waals surface area contributed by atoms with Crippen molar-refractivity contribution in [3.63, 3.8) is 0 Å². The van der Waals surface area contributed by atoms with Crippen LogP contribution in [0, 0.1) is 0 Å². The van der Waals surface area contributed by atoms with Gasteiger partial charge in [0.05, 0.1) is 10.9 Å². The number of nitrogens with one attached hydrogen (secondary N) is 1. The van der Waals surface area contributed by atoms with Crippen molar-refractivity contribution >= 4 is 22.6 Å². The molecule has 134 valence electrons. The molecule has 1 amide bonds. The number of fused-ring (bicyclic) bond motifs is 1. The van der Waals surface area contributed by atoms with Crippen LogP contribution in [-0.2, 0) is 11.0 Å². The Bertz CT molecular complexity index is 1050. The van der Waals surface area contributed by atoms with E-state index in [4.69, 9.17) is 4.42 Å². The zero-order valence-electron chi connectivity index (χ0n) is 13.3. The standard InChI is InChI=1S/C18H12F3NO4/c1-9(23)22-12-6-7-14-13(8-12)15(24)16(25)17(26-14)10-2-4-11(5-3-10)18(19,20)21/h2-8,25H,1H3,(H,22,23). The van der Waals surface area contributed by atoms with E-state index in [2.05, 4.69) is 5.32 Å². The van der Waals surface area contributed by atoms with Gasteiger partial charge >= 0.3 is 6.18 Å². The first-order valence-electron chi connectivity index (χ1n) is 7.42. The summed E-state index contributed by atoms with van der Waals surface area (Å²) in [5.41, 5.74) is -1.02. The molecule has 0 spiro atoms. The molecule has 5 nitrogen and oxygen atoms in total. The van der Waals surface area contributed by atoms with Gasteiger partial charge in [-0.2, -0.15) is 13.2 Å². The molecule has 3 rings (SSSR count). The summed E-state index contributed by atoms with van der Waals surface area (Å²) in [5, 5.41) is 12.7. The largest absolute Gasteiger partial charge is 0.502 e. The first kappa shape index (κ1) is 17.5. The number of carbonyl (C=O) groups is 1. The topological polar surface area (TPSA) is 79.5 Å². The molecule has 1 heterocycles. The van der Waals surface area contributed by atoms with Crippen LogP contribution in [0.5, 0.6) is 5.75 Å². The molecule has 0 unspecified atom stereocenters. The van der Waals surface area contributed by atoms with Crippen LogP contribution < -0.4 is 10.7 Å². The average molecular weight is 363 g/mol. The minimum atomic E-state index is -4.50. The zero-order valence-corrected chi connectivity index (χ0v) is 13.3. The fourth-order valence-corrected chi connectivity index (χ4v) is 2.47. The van der Waals surface area contributed by atoms with Crippen molar-refractivity contribution in [2.45, 2.75) is 13.1 Å². The number of aromatic hydroxyl groups is 1. The third-order valence-corrected chi connectivity index (χ3v) is 3.66. The maximum Gasteiger partial charge on any atom is 0.416 e. The summed E-state index contributed by atoms with van der Waals surface area (Å²) in [5.74, 6) is -1.29. The van der Waals surface area contributed by atoms with Crippen LogP contribution in [0.3, 0.4) is 0 Å². The molecule has 2 aromatic carbocycles. The fourth-order valence-electron chi connectivity index (χ4n) is 2.47. The summed E-state index contributed by atoms with van der Waals surface area (Å²) in [6.45, 7) is 1.30. The number of hydrogen-bond acceptors (Lipinski definition) is 4. The Kier molecular flexibility index (Phi) is 4.19. The van der Waals surface area contributed by atoms with E-state index in [1.165, 1.54) is 25.1 Å². The van der Waals surface area contributed by atoms with Gasteiger partial charge in [-0.1, -0.05) is 12.1 Å². The van der Waals surface area contributed by atoms with Crippen LogP contribution >= 0.6 is 0 Å². The number of alkyl halides is 3. The van der Waals surface area contributed by atoms with Gasteiger partial charge < -0.3 is 14.8 Å². The number of carbonyl (C=O) groups excluding carboxylic acids is 1. The predicted molar refractivity (Wildman–Crippen MR) is 88.9 cm³/mol. The summed E-state index contributed by atoms with van der Waals surface area (Å²) in [4.78, 5) is 23.5. The van der Waals surface area contributed by atoms with E-state index in [1.807, 2.05) is 0 Å². The number of anilines is 1. The summed E-state index contributed by atoms with van der Waals surface area (Å²) in [7, 11) is 0. The summed E-state index contributed by atoms with van der Waals surface area (Å²) >= 11 is 0. The molecular formula is C18H12F3NO4. The van der Waals surface area contributed by atoms with Crippen molar-refractivity contribution in [1.82, 2.24) is 0 Å². The first-order chi connectivity index (χ1) is 12.2. The minimum Gasteiger partial charge on any atom is -0.502 e. The molecule has 0 aliphatic heterocycles. The Morgan fingerprint density at radius 1 is 1.12 bits per heavy atom. The van der Waals surface area contributed by atoms with E-state index in [0.29, 0.717) is 5.69 Å². The highest BCUT2D eigenvalue weighted by Crippen LogP contribution is 2.34. The molecule has 8 heteroatoms. The molecule has 0 aliphatic rings. The van der Waals surface area contributed by atoms with Gasteiger partial charge in [0.15, 0.2) is 5.76 Å². The monoisotopic (exact) mass is 363 g/mol. The molecule has 0 radical (unpaired) electrons. The maximum atomic E-state index is 12.6. The van der Waals surface area contributed by atoms with E-state index in [9.17, 15) is 27.9 Å². The van der Waals surface area contributed by atoms with Crippen molar-refractivity contribution in [2.24, 2.45) is 0 Å². The van der Waals surface area contributed by atoms with E-state index in [1.54, 1.807) is 0 Å². The Hall–Kier alpha value is -3.29. The second-order valence-corrected chi connectivity index (χ2v) is 5.58. The number of amides is 1. The maximum absolute atomic E-state index is 12.6. The molecular weight excluding hydrogens is 351 g/mol. The second kappa shape index (κ2) is 6.21. The molecule has 0 fully saturated rings. The molecule has 0 saturated carbocycles. The van der Waals surface area contributed by atoms with E-state index >= 15 is 0 Å². The molecule has 0 atom stereocenters. The lowest BCUT2D eigenvalue weighted by atomic mass is 10.1. The van der Waals surface area contributed by atoms with Gasteiger partial charge in [0.2, 0.25) is 17.1 Å². The Morgan fingerprint density at radius 2 is 1.77 bits per heavy atom. The third kappa shape index (κ3) is 3.26. The van der Waals surface area contributed by atoms with Crippen molar-refractivity contribution in [3.8, 4) is 17.1 Å². The van der Waals surface area contributed by atoms with E-state index in [-0.39, 0.29) is 28.2 Å². The number of halogens is 3. The number of rotatable bonds is 2. The van der Waals surface area contributed by atoms with Gasteiger partial charge in [0.25, 0.3) is 0 Å². The lowest BCUT2D eigenvalue weighted by Crippen LogP contribution is -2.08. The van der Waals surface area contributed by atoms with Crippen LogP contribution in [0.1, 0.15) is 12.5 Å². The Balaban J connectivity index is 2.12. The predicted octanol–water partition coefficient (Wildman–Crippen LogP) is 4.14. The first-order valence-corrected chi connectivity index (χ1v) is 7.42. The number of benzene rings is 2. The summed E-state index contributed by atoms with van der Waals surface area (Å²) in [6.07, 6.45) is -4.50. The van der Waals surface area contributed by atoms with Gasteiger partial charge in [-0.25, -0.2) is 0 Å². The van der Waals surface area contributed by atoms with Gasteiger partial charge in [0, 0.05) is 18.2 Å². The van der Waals surface area contributed by atoms with E-state index < -0.39 is 22.9 Å². The average Bonchev–Trinajstić information content (AvgIpc) is 2.57. The molecule has 1 aromatic heterocycles. The number of hydrogen-bond donors (Lipinski definition) is 2. The summed E-state index contributed by atoms with van der Waals surface area (Å²) in [6, 6.07) is 8.16. The molecule has 0 saturated heterocycles. The normalized spacial score (nSPS) is 11.5. The summed E-state index contributed by atoms with van der Waals surface area (Å²) < 4.78 is 43.4. The zero-order chi connectivity index (χ0) is 19.1. The molecule has 0 aliphatic carbocycles. The molecule has 0 bridgehead atoms. The van der Waals surface area contributed by atoms with Crippen LogP contribution in [0.2, 0.25) is 0 Å². The van der Waals surface area contributed by atoms with Crippen LogP contribution in [0.4, 0.5) is 18.9 Å². The van der Waals surface area contributed by atoms with Gasteiger partial charge in [-0.05, 0) is 30.3 Å². The SMILES string of the molecule is CC(=O)Nc1ccc2oc(-c3ccc(C(F)(F)F)cc3)c(O)c(=O)c2c1. The fraction of sp³-hybridized carbons (Fsp3) is 0.111. The third-order valence-electron chi connectivity index (χ3n) is 3.66. The van der Waals surface area contributed by atoms with Gasteiger partial charge in [-0.3, -0.25) is 9.59 Å². The van der Waals surface area contributed by atoms with Crippen LogP contribution in [0.15, 0.2) is 51.7 Å². The minimum absolute atomic E-state index is 0.0319. The highest BCUT2D eigenvalue weighted by atomic mass is 19.4. The van der Waals surface area contributed by atoms with Crippen LogP contribution in [-0.4, -0.2) is 11.0 Å². The van der Waals surface area contributed by atoms with Crippen molar-refractivity contribution in [3.05, 3.63) is 58.3 Å². The quantitative estimate of drug-likeness (QED) is 0.717. The molecule has 2 N–H and O–H groups in total. The highest BCUT2D eigenvalue weighted by molar-refractivity contribution is 5.92. The lowest BCUT2D eigenvalue weighted by Gasteiger charge is -2.09. The molecule has 3 aromatic rings. The second-order valence-electron chi connectivity index (χ2n) is 5.58. The highest BCUT2D eigenvalue weighted by Gasteiger charge is 2.30. The van der Waals surface area contributed by atoms with Gasteiger partial charge in [0.1, 0.15) is 5.58 Å². The van der Waals surface area contributed by atoms with Crippen molar-refractivity contribution in [1.29, 1.82) is 0 Å². The smallest absolute Gasteiger partial charge is 0.416 e. The van der Waals surface area contributed by atoms with Crippen molar-refractivity contribution in [2.75, 3.05) is 5.32 Å². The van der Waals surface area contributed by atoms with Gasteiger partial charge in [-0.15, -0.1) is 0 Å². The van der Waals surface area contributed by atoms with Crippen LogP contribution in [0.25, 0.3) is 22.3 Å². The lowest BCUT2D eigenvalue weighted by molar-refractivity contribution is -0.137. The Labute approximate surface area is 144 Å². The Morgan fingerprint density at radius 3 is 2.35 bits per heavy atom. The molecule has 26 heavy (non-hydrogen) atoms.